The van der Waals surface area contributed by atoms with E-state index in [-0.39, 0.29) is 12.4 Å². The Balaban J connectivity index is 0.000000982. The van der Waals surface area contributed by atoms with E-state index >= 15 is 0 Å². The van der Waals surface area contributed by atoms with Crippen LogP contribution in [0.2, 0.25) is 0 Å². The molecule has 1 rings (SSSR count). The summed E-state index contributed by atoms with van der Waals surface area (Å²) in [4.78, 5) is 30.2. The van der Waals surface area contributed by atoms with Gasteiger partial charge < -0.3 is 21.1 Å². The molecule has 0 atom stereocenters. The van der Waals surface area contributed by atoms with Crippen LogP contribution in [0, 0.1) is 5.41 Å². The second-order valence-electron chi connectivity index (χ2n) is 3.09. The Morgan fingerprint density at radius 3 is 2.26 bits per heavy atom. The van der Waals surface area contributed by atoms with Crippen molar-refractivity contribution in [2.75, 3.05) is 19.0 Å². The van der Waals surface area contributed by atoms with E-state index in [9.17, 15) is 9.59 Å². The lowest BCUT2D eigenvalue weighted by Gasteiger charge is -2.07. The average Bonchev–Trinajstić information content (AvgIpc) is 2.41. The van der Waals surface area contributed by atoms with Gasteiger partial charge in [0.25, 0.3) is 0 Å². The number of aromatic hydroxyl groups is 1. The molecule has 2 amide bonds. The summed E-state index contributed by atoms with van der Waals surface area (Å²) >= 11 is 0. The fourth-order valence-corrected chi connectivity index (χ4v) is 1.000. The van der Waals surface area contributed by atoms with Gasteiger partial charge in [-0.25, -0.2) is 10.2 Å². The number of phenolic OH excluding ortho intramolecular Hbond substituents is 1. The van der Waals surface area contributed by atoms with E-state index in [0.29, 0.717) is 0 Å². The summed E-state index contributed by atoms with van der Waals surface area (Å²) in [5.41, 5.74) is 0.731. The number of hydrogen-bond acceptors (Lipinski definition) is 6. The quantitative estimate of drug-likeness (QED) is 0.166. The monoisotopic (exact) mass is 266 g/mol. The van der Waals surface area contributed by atoms with Crippen molar-refractivity contribution in [2.24, 2.45) is 0 Å². The van der Waals surface area contributed by atoms with Crippen molar-refractivity contribution < 1.29 is 19.5 Å². The maximum absolute atomic E-state index is 11.0. The number of rotatable bonds is 3. The first kappa shape index (κ1) is 16.1. The Labute approximate surface area is 109 Å². The molecule has 0 saturated heterocycles. The van der Waals surface area contributed by atoms with Crippen molar-refractivity contribution in [1.29, 1.82) is 5.41 Å². The number of benzene rings is 1. The zero-order valence-corrected chi connectivity index (χ0v) is 10.2. The van der Waals surface area contributed by atoms with Gasteiger partial charge in [-0.1, -0.05) is 0 Å². The van der Waals surface area contributed by atoms with Crippen LogP contribution in [-0.4, -0.2) is 36.7 Å². The standard InChI is InChI=1S/C10H13N3O3.CHNO/c1-11-9(15)10(16)13-6-12-7-2-4-8(14)5-3-7;2-1-3/h2-5,12,14H,6H2,1H3,(H,11,15)(H,13,16);2H. The molecule has 1 aromatic rings. The van der Waals surface area contributed by atoms with Crippen molar-refractivity contribution in [3.8, 4) is 5.75 Å². The first-order chi connectivity index (χ1) is 9.04. The Kier molecular flexibility index (Phi) is 7.81. The van der Waals surface area contributed by atoms with E-state index in [1.165, 1.54) is 19.2 Å². The summed E-state index contributed by atoms with van der Waals surface area (Å²) in [6.07, 6.45) is 0.750. The van der Waals surface area contributed by atoms with Crippen LogP contribution in [0.3, 0.4) is 0 Å². The third-order valence-electron chi connectivity index (χ3n) is 1.84. The molecule has 19 heavy (non-hydrogen) atoms. The molecular formula is C11H14N4O4. The maximum Gasteiger partial charge on any atom is 0.310 e. The molecule has 0 aliphatic carbocycles. The van der Waals surface area contributed by atoms with Gasteiger partial charge in [-0.15, -0.1) is 0 Å². The molecule has 8 heteroatoms. The molecule has 8 nitrogen and oxygen atoms in total. The van der Waals surface area contributed by atoms with Gasteiger partial charge in [0, 0.05) is 12.7 Å². The van der Waals surface area contributed by atoms with Gasteiger partial charge in [-0.2, -0.15) is 0 Å². The third kappa shape index (κ3) is 7.14. The van der Waals surface area contributed by atoms with Crippen LogP contribution in [0.25, 0.3) is 0 Å². The lowest BCUT2D eigenvalue weighted by Crippen LogP contribution is -2.40. The Morgan fingerprint density at radius 1 is 1.26 bits per heavy atom. The van der Waals surface area contributed by atoms with Gasteiger partial charge in [-0.3, -0.25) is 9.59 Å². The summed E-state index contributed by atoms with van der Waals surface area (Å²) in [5, 5.41) is 21.9. The first-order valence-corrected chi connectivity index (χ1v) is 5.11. The number of amides is 2. The number of carbonyl (C=O) groups excluding carboxylic acids is 3. The molecular weight excluding hydrogens is 252 g/mol. The highest BCUT2D eigenvalue weighted by Crippen LogP contribution is 2.12. The molecule has 1 aromatic carbocycles. The van der Waals surface area contributed by atoms with E-state index < -0.39 is 11.8 Å². The predicted molar refractivity (Wildman–Crippen MR) is 67.2 cm³/mol. The van der Waals surface area contributed by atoms with Gasteiger partial charge in [0.1, 0.15) is 5.75 Å². The van der Waals surface area contributed by atoms with Crippen molar-refractivity contribution in [3.63, 3.8) is 0 Å². The normalized spacial score (nSPS) is 8.26. The van der Waals surface area contributed by atoms with Crippen molar-refractivity contribution in [1.82, 2.24) is 10.6 Å². The summed E-state index contributed by atoms with van der Waals surface area (Å²) in [5.74, 6) is -1.22. The van der Waals surface area contributed by atoms with Crippen LogP contribution in [0.1, 0.15) is 0 Å². The summed E-state index contributed by atoms with van der Waals surface area (Å²) in [6.45, 7) is 0.136. The molecule has 0 unspecified atom stereocenters. The van der Waals surface area contributed by atoms with Gasteiger partial charge in [-0.05, 0) is 24.3 Å². The van der Waals surface area contributed by atoms with Gasteiger partial charge >= 0.3 is 11.8 Å². The van der Waals surface area contributed by atoms with Gasteiger partial charge in [0.05, 0.1) is 6.67 Å². The Morgan fingerprint density at radius 2 is 1.79 bits per heavy atom. The number of anilines is 1. The predicted octanol–water partition coefficient (Wildman–Crippen LogP) is -0.475. The molecule has 0 saturated carbocycles. The molecule has 0 bridgehead atoms. The minimum Gasteiger partial charge on any atom is -0.508 e. The van der Waals surface area contributed by atoms with E-state index in [1.807, 2.05) is 0 Å². The first-order valence-electron chi connectivity index (χ1n) is 5.11. The summed E-state index contributed by atoms with van der Waals surface area (Å²) in [6, 6.07) is 6.34. The molecule has 0 aliphatic rings. The number of likely N-dealkylation sites (N-methyl/N-ethyl adjacent to an activating group) is 1. The second kappa shape index (κ2) is 9.20. The zero-order valence-electron chi connectivity index (χ0n) is 10.2. The highest BCUT2D eigenvalue weighted by molar-refractivity contribution is 6.35. The van der Waals surface area contributed by atoms with E-state index in [4.69, 9.17) is 15.3 Å². The zero-order chi connectivity index (χ0) is 14.7. The minimum absolute atomic E-state index is 0.136. The van der Waals surface area contributed by atoms with E-state index in [1.54, 1.807) is 12.1 Å². The van der Waals surface area contributed by atoms with Crippen LogP contribution in [0.15, 0.2) is 24.3 Å². The van der Waals surface area contributed by atoms with E-state index in [2.05, 4.69) is 16.0 Å². The Hall–Kier alpha value is -2.86. The Bertz CT molecular complexity index is 452. The van der Waals surface area contributed by atoms with Gasteiger partial charge in [0.15, 0.2) is 0 Å². The van der Waals surface area contributed by atoms with Crippen molar-refractivity contribution in [2.45, 2.75) is 0 Å². The third-order valence-corrected chi connectivity index (χ3v) is 1.84. The smallest absolute Gasteiger partial charge is 0.310 e. The van der Waals surface area contributed by atoms with E-state index in [0.717, 1.165) is 11.8 Å². The lowest BCUT2D eigenvalue weighted by molar-refractivity contribution is -0.138. The molecule has 102 valence electrons. The van der Waals surface area contributed by atoms with Crippen molar-refractivity contribution in [3.05, 3.63) is 24.3 Å². The van der Waals surface area contributed by atoms with Crippen LogP contribution in [-0.2, 0) is 14.4 Å². The molecule has 0 aromatic heterocycles. The van der Waals surface area contributed by atoms with Gasteiger partial charge in [0.2, 0.25) is 6.08 Å². The SMILES string of the molecule is CNC(=O)C(=O)NCNc1ccc(O)cc1.N=C=O. The van der Waals surface area contributed by atoms with Crippen LogP contribution in [0.4, 0.5) is 5.69 Å². The molecule has 0 fully saturated rings. The lowest BCUT2D eigenvalue weighted by atomic mass is 10.3. The number of phenols is 1. The topological polar surface area (TPSA) is 131 Å². The number of nitrogens with one attached hydrogen (secondary N) is 4. The fourth-order valence-electron chi connectivity index (χ4n) is 1.000. The summed E-state index contributed by atoms with van der Waals surface area (Å²) in [7, 11) is 1.38. The molecule has 0 heterocycles. The molecule has 5 N–H and O–H groups in total. The average molecular weight is 266 g/mol. The number of hydrogen-bond donors (Lipinski definition) is 5. The van der Waals surface area contributed by atoms with Crippen molar-refractivity contribution >= 4 is 23.6 Å². The van der Waals surface area contributed by atoms with Crippen LogP contribution in [0.5, 0.6) is 5.75 Å². The highest BCUT2D eigenvalue weighted by atomic mass is 16.3. The fraction of sp³-hybridized carbons (Fsp3) is 0.182. The largest absolute Gasteiger partial charge is 0.508 e. The van der Waals surface area contributed by atoms with Crippen LogP contribution >= 0.6 is 0 Å². The number of carbonyl (C=O) groups is 2. The molecule has 0 spiro atoms. The summed E-state index contributed by atoms with van der Waals surface area (Å²) < 4.78 is 0. The highest BCUT2D eigenvalue weighted by Gasteiger charge is 2.08. The van der Waals surface area contributed by atoms with Crippen LogP contribution < -0.4 is 16.0 Å². The molecule has 0 aliphatic heterocycles. The maximum atomic E-state index is 11.0. The number of isocyanates is 1. The minimum atomic E-state index is -0.700. The molecule has 0 radical (unpaired) electrons. The second-order valence-corrected chi connectivity index (χ2v) is 3.09.